The van der Waals surface area contributed by atoms with Crippen molar-refractivity contribution in [1.82, 2.24) is 15.3 Å². The molecule has 1 aromatic carbocycles. The summed E-state index contributed by atoms with van der Waals surface area (Å²) in [5.74, 6) is -4.73. The van der Waals surface area contributed by atoms with Crippen LogP contribution in [0.5, 0.6) is 11.6 Å². The second-order valence-electron chi connectivity index (χ2n) is 5.55. The van der Waals surface area contributed by atoms with Crippen molar-refractivity contribution in [1.29, 1.82) is 5.26 Å². The topological polar surface area (TPSA) is 87.9 Å². The molecule has 0 aliphatic heterocycles. The Balaban J connectivity index is 2.39. The predicted molar refractivity (Wildman–Crippen MR) is 89.8 cm³/mol. The summed E-state index contributed by atoms with van der Waals surface area (Å²) in [4.78, 5) is 19.7. The number of amides is 1. The molecular weight excluding hydrogens is 342 g/mol. The Bertz CT molecular complexity index is 858. The van der Waals surface area contributed by atoms with Crippen LogP contribution < -0.4 is 10.1 Å². The van der Waals surface area contributed by atoms with Crippen LogP contribution in [-0.2, 0) is 5.92 Å². The molecule has 0 radical (unpaired) electrons. The van der Waals surface area contributed by atoms with Gasteiger partial charge in [-0.15, -0.1) is 0 Å². The summed E-state index contributed by atoms with van der Waals surface area (Å²) in [7, 11) is 0. The van der Waals surface area contributed by atoms with Crippen molar-refractivity contribution in [2.24, 2.45) is 0 Å². The fourth-order valence-electron chi connectivity index (χ4n) is 1.87. The van der Waals surface area contributed by atoms with Crippen molar-refractivity contribution in [3.05, 3.63) is 60.1 Å². The molecule has 0 saturated carbocycles. The SMILES string of the molecule is C=C(C#N)C(C)NC(=O)c1cnc(C(C)(F)F)nc1Oc1ccccc1. The second kappa shape index (κ2) is 7.70. The number of aromatic nitrogens is 2. The molecule has 0 bridgehead atoms. The Labute approximate surface area is 149 Å². The summed E-state index contributed by atoms with van der Waals surface area (Å²) < 4.78 is 32.6. The summed E-state index contributed by atoms with van der Waals surface area (Å²) in [6, 6.07) is 9.49. The fraction of sp³-hybridized carbons (Fsp3) is 0.222. The van der Waals surface area contributed by atoms with Gasteiger partial charge in [0.1, 0.15) is 11.3 Å². The van der Waals surface area contributed by atoms with Gasteiger partial charge in [0, 0.05) is 18.7 Å². The van der Waals surface area contributed by atoms with Crippen LogP contribution in [0.2, 0.25) is 0 Å². The molecule has 2 rings (SSSR count). The number of halogens is 2. The van der Waals surface area contributed by atoms with Gasteiger partial charge in [-0.3, -0.25) is 4.79 Å². The normalized spacial score (nSPS) is 12.0. The number of ether oxygens (including phenoxy) is 1. The smallest absolute Gasteiger partial charge is 0.303 e. The minimum absolute atomic E-state index is 0.139. The van der Waals surface area contributed by atoms with E-state index in [9.17, 15) is 13.6 Å². The quantitative estimate of drug-likeness (QED) is 0.798. The van der Waals surface area contributed by atoms with E-state index in [1.54, 1.807) is 37.3 Å². The van der Waals surface area contributed by atoms with E-state index in [4.69, 9.17) is 10.00 Å². The zero-order valence-corrected chi connectivity index (χ0v) is 14.2. The Hall–Kier alpha value is -3.34. The molecule has 0 spiro atoms. The first-order valence-electron chi connectivity index (χ1n) is 7.60. The third-order valence-corrected chi connectivity index (χ3v) is 3.36. The van der Waals surface area contributed by atoms with E-state index in [0.29, 0.717) is 12.7 Å². The summed E-state index contributed by atoms with van der Waals surface area (Å²) in [5, 5.41) is 11.4. The first-order chi connectivity index (χ1) is 12.2. The van der Waals surface area contributed by atoms with Gasteiger partial charge >= 0.3 is 5.92 Å². The monoisotopic (exact) mass is 358 g/mol. The van der Waals surface area contributed by atoms with E-state index in [1.165, 1.54) is 0 Å². The molecule has 26 heavy (non-hydrogen) atoms. The van der Waals surface area contributed by atoms with E-state index >= 15 is 0 Å². The maximum Gasteiger partial charge on any atom is 0.303 e. The minimum atomic E-state index is -3.30. The molecule has 0 aliphatic carbocycles. The van der Waals surface area contributed by atoms with Gasteiger partial charge in [-0.25, -0.2) is 4.98 Å². The maximum atomic E-state index is 13.5. The number of hydrogen-bond donors (Lipinski definition) is 1. The molecule has 0 aliphatic rings. The van der Waals surface area contributed by atoms with E-state index in [-0.39, 0.29) is 17.0 Å². The van der Waals surface area contributed by atoms with E-state index in [1.807, 2.05) is 6.07 Å². The third kappa shape index (κ3) is 4.60. The van der Waals surface area contributed by atoms with Gasteiger partial charge in [0.2, 0.25) is 11.7 Å². The summed E-state index contributed by atoms with van der Waals surface area (Å²) in [5.41, 5.74) is 0.000880. The molecule has 1 unspecified atom stereocenters. The number of nitrogens with zero attached hydrogens (tertiary/aromatic N) is 3. The Morgan fingerprint density at radius 2 is 2.04 bits per heavy atom. The number of carbonyl (C=O) groups is 1. The van der Waals surface area contributed by atoms with Crippen molar-refractivity contribution in [3.8, 4) is 17.7 Å². The highest BCUT2D eigenvalue weighted by Gasteiger charge is 2.30. The number of alkyl halides is 2. The number of rotatable bonds is 6. The lowest BCUT2D eigenvalue weighted by atomic mass is 10.1. The van der Waals surface area contributed by atoms with Gasteiger partial charge in [0.15, 0.2) is 0 Å². The van der Waals surface area contributed by atoms with Crippen LogP contribution in [0.25, 0.3) is 0 Å². The van der Waals surface area contributed by atoms with Crippen molar-refractivity contribution in [2.75, 3.05) is 0 Å². The van der Waals surface area contributed by atoms with Crippen molar-refractivity contribution in [3.63, 3.8) is 0 Å². The largest absolute Gasteiger partial charge is 0.438 e. The summed E-state index contributed by atoms with van der Waals surface area (Å²) >= 11 is 0. The third-order valence-electron chi connectivity index (χ3n) is 3.36. The summed E-state index contributed by atoms with van der Waals surface area (Å²) in [6.45, 7) is 5.73. The van der Waals surface area contributed by atoms with Gasteiger partial charge in [-0.05, 0) is 19.1 Å². The molecule has 1 N–H and O–H groups in total. The highest BCUT2D eigenvalue weighted by Crippen LogP contribution is 2.28. The van der Waals surface area contributed by atoms with Gasteiger partial charge in [0.25, 0.3) is 5.91 Å². The minimum Gasteiger partial charge on any atom is -0.438 e. The molecule has 1 atom stereocenters. The average Bonchev–Trinajstić information content (AvgIpc) is 2.60. The lowest BCUT2D eigenvalue weighted by Gasteiger charge is -2.16. The van der Waals surface area contributed by atoms with Crippen LogP contribution in [0.3, 0.4) is 0 Å². The van der Waals surface area contributed by atoms with Crippen LogP contribution in [-0.4, -0.2) is 21.9 Å². The number of nitriles is 1. The lowest BCUT2D eigenvalue weighted by Crippen LogP contribution is -2.34. The number of carbonyl (C=O) groups excluding carboxylic acids is 1. The molecular formula is C18H16F2N4O2. The molecule has 1 aromatic heterocycles. The number of hydrogen-bond acceptors (Lipinski definition) is 5. The first-order valence-corrected chi connectivity index (χ1v) is 7.60. The zero-order valence-electron chi connectivity index (χ0n) is 14.2. The molecule has 2 aromatic rings. The number of para-hydroxylation sites is 1. The van der Waals surface area contributed by atoms with Gasteiger partial charge < -0.3 is 10.1 Å². The van der Waals surface area contributed by atoms with Gasteiger partial charge in [0.05, 0.1) is 12.1 Å². The standard InChI is InChI=1S/C18H16F2N4O2/c1-11(9-21)12(2)23-15(25)14-10-22-17(18(3,19)20)24-16(14)26-13-7-5-4-6-8-13/h4-8,10,12H,1H2,2-3H3,(H,23,25). The second-order valence-corrected chi connectivity index (χ2v) is 5.55. The molecule has 6 nitrogen and oxygen atoms in total. The van der Waals surface area contributed by atoms with Crippen LogP contribution >= 0.6 is 0 Å². The highest BCUT2D eigenvalue weighted by molar-refractivity contribution is 5.96. The molecule has 1 amide bonds. The average molecular weight is 358 g/mol. The van der Waals surface area contributed by atoms with E-state index in [2.05, 4.69) is 21.9 Å². The summed E-state index contributed by atoms with van der Waals surface area (Å²) in [6.07, 6.45) is 0.967. The molecule has 0 fully saturated rings. The zero-order chi connectivity index (χ0) is 19.3. The Morgan fingerprint density at radius 1 is 1.38 bits per heavy atom. The lowest BCUT2D eigenvalue weighted by molar-refractivity contribution is 0.00708. The van der Waals surface area contributed by atoms with Crippen molar-refractivity contribution >= 4 is 5.91 Å². The van der Waals surface area contributed by atoms with E-state index < -0.39 is 23.7 Å². The highest BCUT2D eigenvalue weighted by atomic mass is 19.3. The van der Waals surface area contributed by atoms with Crippen LogP contribution in [0, 0.1) is 11.3 Å². The maximum absolute atomic E-state index is 13.5. The van der Waals surface area contributed by atoms with Crippen molar-refractivity contribution < 1.29 is 18.3 Å². The molecule has 0 saturated heterocycles. The van der Waals surface area contributed by atoms with E-state index in [0.717, 1.165) is 6.20 Å². The molecule has 1 heterocycles. The first kappa shape index (κ1) is 19.0. The van der Waals surface area contributed by atoms with Crippen molar-refractivity contribution in [2.45, 2.75) is 25.8 Å². The Kier molecular flexibility index (Phi) is 5.62. The predicted octanol–water partition coefficient (Wildman–Crippen LogP) is 3.58. The number of nitrogens with one attached hydrogen (secondary N) is 1. The molecule has 134 valence electrons. The van der Waals surface area contributed by atoms with Crippen LogP contribution in [0.4, 0.5) is 8.78 Å². The Morgan fingerprint density at radius 3 is 2.62 bits per heavy atom. The van der Waals surface area contributed by atoms with Gasteiger partial charge in [-0.2, -0.15) is 19.0 Å². The van der Waals surface area contributed by atoms with Gasteiger partial charge in [-0.1, -0.05) is 24.8 Å². The number of benzene rings is 1. The molecule has 8 heteroatoms. The fourth-order valence-corrected chi connectivity index (χ4v) is 1.87. The van der Waals surface area contributed by atoms with Crippen LogP contribution in [0.1, 0.15) is 30.0 Å². The van der Waals surface area contributed by atoms with Crippen LogP contribution in [0.15, 0.2) is 48.7 Å².